The van der Waals surface area contributed by atoms with E-state index in [0.29, 0.717) is 0 Å². The lowest BCUT2D eigenvalue weighted by molar-refractivity contribution is -0.0167. The number of ether oxygens (including phenoxy) is 2. The van der Waals surface area contributed by atoms with E-state index in [1.54, 1.807) is 0 Å². The summed E-state index contributed by atoms with van der Waals surface area (Å²) in [5.74, 6) is 0.0897. The molecule has 0 saturated carbocycles. The SMILES string of the molecule is COc1ncc(C(O)C(O)CO)c(OC)n1. The summed E-state index contributed by atoms with van der Waals surface area (Å²) in [6.07, 6.45) is -1.36. The van der Waals surface area contributed by atoms with E-state index in [0.717, 1.165) is 0 Å². The Labute approximate surface area is 92.3 Å². The Morgan fingerprint density at radius 2 is 2.00 bits per heavy atom. The Balaban J connectivity index is 3.03. The van der Waals surface area contributed by atoms with E-state index in [9.17, 15) is 10.2 Å². The van der Waals surface area contributed by atoms with E-state index in [1.807, 2.05) is 0 Å². The molecule has 7 heteroatoms. The van der Waals surface area contributed by atoms with Gasteiger partial charge in [-0.3, -0.25) is 0 Å². The summed E-state index contributed by atoms with van der Waals surface area (Å²) in [6.45, 7) is -0.573. The van der Waals surface area contributed by atoms with E-state index < -0.39 is 18.8 Å². The zero-order valence-corrected chi connectivity index (χ0v) is 8.99. The zero-order chi connectivity index (χ0) is 12.1. The smallest absolute Gasteiger partial charge is 0.319 e. The van der Waals surface area contributed by atoms with Gasteiger partial charge in [-0.15, -0.1) is 0 Å². The molecule has 1 aromatic rings. The molecular weight excluding hydrogens is 216 g/mol. The van der Waals surface area contributed by atoms with Crippen LogP contribution in [-0.2, 0) is 0 Å². The Kier molecular flexibility index (Phi) is 4.41. The maximum Gasteiger partial charge on any atom is 0.319 e. The molecule has 0 aliphatic heterocycles. The van der Waals surface area contributed by atoms with E-state index in [-0.39, 0.29) is 17.5 Å². The highest BCUT2D eigenvalue weighted by molar-refractivity contribution is 5.28. The first-order valence-corrected chi connectivity index (χ1v) is 4.56. The molecule has 0 saturated heterocycles. The van der Waals surface area contributed by atoms with Crippen LogP contribution in [0.4, 0.5) is 0 Å². The van der Waals surface area contributed by atoms with E-state index in [1.165, 1.54) is 20.4 Å². The maximum absolute atomic E-state index is 9.65. The molecule has 0 bridgehead atoms. The fourth-order valence-electron chi connectivity index (χ4n) is 1.13. The molecule has 0 spiro atoms. The van der Waals surface area contributed by atoms with Gasteiger partial charge in [0.25, 0.3) is 0 Å². The number of hydrogen-bond donors (Lipinski definition) is 3. The quantitative estimate of drug-likeness (QED) is 0.588. The number of rotatable bonds is 5. The predicted molar refractivity (Wildman–Crippen MR) is 53.2 cm³/mol. The Morgan fingerprint density at radius 1 is 1.31 bits per heavy atom. The fraction of sp³-hybridized carbons (Fsp3) is 0.556. The van der Waals surface area contributed by atoms with Crippen molar-refractivity contribution in [1.82, 2.24) is 9.97 Å². The fourth-order valence-corrected chi connectivity index (χ4v) is 1.13. The molecule has 0 radical (unpaired) electrons. The lowest BCUT2D eigenvalue weighted by Gasteiger charge is -2.17. The van der Waals surface area contributed by atoms with Crippen molar-refractivity contribution >= 4 is 0 Å². The van der Waals surface area contributed by atoms with Crippen molar-refractivity contribution in [3.05, 3.63) is 11.8 Å². The minimum absolute atomic E-state index is 0.0892. The molecule has 90 valence electrons. The van der Waals surface area contributed by atoms with Gasteiger partial charge in [-0.05, 0) is 0 Å². The van der Waals surface area contributed by atoms with Crippen molar-refractivity contribution in [1.29, 1.82) is 0 Å². The molecule has 2 atom stereocenters. The normalized spacial score (nSPS) is 14.3. The first kappa shape index (κ1) is 12.6. The van der Waals surface area contributed by atoms with Crippen molar-refractivity contribution in [2.24, 2.45) is 0 Å². The molecule has 0 aliphatic carbocycles. The second-order valence-electron chi connectivity index (χ2n) is 3.02. The van der Waals surface area contributed by atoms with E-state index >= 15 is 0 Å². The zero-order valence-electron chi connectivity index (χ0n) is 8.99. The molecule has 0 aliphatic rings. The van der Waals surface area contributed by atoms with Gasteiger partial charge in [0.15, 0.2) is 0 Å². The standard InChI is InChI=1S/C9H14N2O5/c1-15-8-5(7(14)6(13)4-12)3-10-9(11-8)16-2/h3,6-7,12-14H,4H2,1-2H3. The summed E-state index contributed by atoms with van der Waals surface area (Å²) >= 11 is 0. The number of nitrogens with zero attached hydrogens (tertiary/aromatic N) is 2. The van der Waals surface area contributed by atoms with Crippen LogP contribution in [0, 0.1) is 0 Å². The van der Waals surface area contributed by atoms with Gasteiger partial charge in [0.2, 0.25) is 5.88 Å². The van der Waals surface area contributed by atoms with Crippen molar-refractivity contribution in [2.75, 3.05) is 20.8 Å². The summed E-state index contributed by atoms with van der Waals surface area (Å²) in [5, 5.41) is 27.7. The van der Waals surface area contributed by atoms with Gasteiger partial charge in [0.1, 0.15) is 12.2 Å². The molecule has 1 heterocycles. The average Bonchev–Trinajstić information content (AvgIpc) is 2.35. The summed E-state index contributed by atoms with van der Waals surface area (Å²) in [7, 11) is 2.76. The van der Waals surface area contributed by atoms with Crippen LogP contribution >= 0.6 is 0 Å². The third-order valence-electron chi connectivity index (χ3n) is 2.00. The largest absolute Gasteiger partial charge is 0.481 e. The highest BCUT2D eigenvalue weighted by Crippen LogP contribution is 2.25. The van der Waals surface area contributed by atoms with Gasteiger partial charge >= 0.3 is 6.01 Å². The number of methoxy groups -OCH3 is 2. The minimum atomic E-state index is -1.31. The third kappa shape index (κ3) is 2.57. The highest BCUT2D eigenvalue weighted by Gasteiger charge is 2.23. The van der Waals surface area contributed by atoms with Crippen molar-refractivity contribution < 1.29 is 24.8 Å². The van der Waals surface area contributed by atoms with Gasteiger partial charge in [0.05, 0.1) is 26.4 Å². The van der Waals surface area contributed by atoms with Gasteiger partial charge in [-0.25, -0.2) is 4.98 Å². The molecule has 3 N–H and O–H groups in total. The molecule has 0 aromatic carbocycles. The number of aliphatic hydroxyl groups is 3. The Bertz CT molecular complexity index is 347. The van der Waals surface area contributed by atoms with Crippen LogP contribution in [0.5, 0.6) is 11.9 Å². The second-order valence-corrected chi connectivity index (χ2v) is 3.02. The van der Waals surface area contributed by atoms with Crippen LogP contribution in [0.2, 0.25) is 0 Å². The molecule has 0 fully saturated rings. The number of aliphatic hydroxyl groups excluding tert-OH is 3. The molecule has 7 nitrogen and oxygen atoms in total. The third-order valence-corrected chi connectivity index (χ3v) is 2.00. The summed E-state index contributed by atoms with van der Waals surface area (Å²) in [5.41, 5.74) is 0.185. The van der Waals surface area contributed by atoms with Gasteiger partial charge < -0.3 is 24.8 Å². The van der Waals surface area contributed by atoms with Gasteiger partial charge in [-0.2, -0.15) is 4.98 Å². The van der Waals surface area contributed by atoms with Crippen LogP contribution in [-0.4, -0.2) is 52.2 Å². The van der Waals surface area contributed by atoms with Crippen LogP contribution in [0.25, 0.3) is 0 Å². The Morgan fingerprint density at radius 3 is 2.50 bits per heavy atom. The molecule has 1 rings (SSSR count). The Hall–Kier alpha value is -1.44. The first-order valence-electron chi connectivity index (χ1n) is 4.56. The lowest BCUT2D eigenvalue weighted by Crippen LogP contribution is -2.23. The van der Waals surface area contributed by atoms with Crippen LogP contribution < -0.4 is 9.47 Å². The van der Waals surface area contributed by atoms with Crippen LogP contribution in [0.3, 0.4) is 0 Å². The topological polar surface area (TPSA) is 105 Å². The van der Waals surface area contributed by atoms with Crippen molar-refractivity contribution in [2.45, 2.75) is 12.2 Å². The van der Waals surface area contributed by atoms with Gasteiger partial charge in [-0.1, -0.05) is 0 Å². The monoisotopic (exact) mass is 230 g/mol. The molecule has 0 amide bonds. The van der Waals surface area contributed by atoms with Crippen LogP contribution in [0.15, 0.2) is 6.20 Å². The second kappa shape index (κ2) is 5.59. The maximum atomic E-state index is 9.65. The molecule has 2 unspecified atom stereocenters. The number of hydrogen-bond acceptors (Lipinski definition) is 7. The first-order chi connectivity index (χ1) is 7.63. The summed E-state index contributed by atoms with van der Waals surface area (Å²) < 4.78 is 9.70. The van der Waals surface area contributed by atoms with Gasteiger partial charge in [0, 0.05) is 6.20 Å². The van der Waals surface area contributed by atoms with E-state index in [4.69, 9.17) is 14.6 Å². The van der Waals surface area contributed by atoms with Crippen molar-refractivity contribution in [3.63, 3.8) is 0 Å². The molecule has 1 aromatic heterocycles. The minimum Gasteiger partial charge on any atom is -0.481 e. The highest BCUT2D eigenvalue weighted by atomic mass is 16.5. The predicted octanol–water partition coefficient (Wildman–Crippen LogP) is -1.12. The molecular formula is C9H14N2O5. The molecule has 16 heavy (non-hydrogen) atoms. The van der Waals surface area contributed by atoms with E-state index in [2.05, 4.69) is 9.97 Å². The summed E-state index contributed by atoms with van der Waals surface area (Å²) in [6, 6.07) is 0.0892. The van der Waals surface area contributed by atoms with Crippen molar-refractivity contribution in [3.8, 4) is 11.9 Å². The lowest BCUT2D eigenvalue weighted by atomic mass is 10.1. The number of aromatic nitrogens is 2. The van der Waals surface area contributed by atoms with Crippen LogP contribution in [0.1, 0.15) is 11.7 Å². The summed E-state index contributed by atoms with van der Waals surface area (Å²) in [4.78, 5) is 7.62. The average molecular weight is 230 g/mol.